The Balaban J connectivity index is 1.20. The van der Waals surface area contributed by atoms with Crippen LogP contribution in [-0.4, -0.2) is 0 Å². The Kier molecular flexibility index (Phi) is 6.35. The standard InChI is InChI=1S/C52H32/c1-3-15-37-33(13-1)25-26-34-27-28-36(32-49(34)37)51-44-21-9-11-23-46(44)52(47-24-12-10-22-45(47)51)48-30-29-43(40-18-6-7-19-41(40)48)50-31-35-14-2-4-16-38(35)39-17-5-8-20-42(39)50/h1-32H. The van der Waals surface area contributed by atoms with Crippen LogP contribution in [0.15, 0.2) is 194 Å². The second kappa shape index (κ2) is 11.4. The smallest absolute Gasteiger partial charge is 0.00201 e. The molecule has 0 aliphatic rings. The average molecular weight is 657 g/mol. The summed E-state index contributed by atoms with van der Waals surface area (Å²) in [5, 5.41) is 17.8. The Hall–Kier alpha value is -6.76. The van der Waals surface area contributed by atoms with Gasteiger partial charge in [-0.3, -0.25) is 0 Å². The van der Waals surface area contributed by atoms with Gasteiger partial charge in [-0.1, -0.05) is 182 Å². The van der Waals surface area contributed by atoms with E-state index in [-0.39, 0.29) is 0 Å². The Labute approximate surface area is 301 Å². The van der Waals surface area contributed by atoms with Crippen LogP contribution in [0.2, 0.25) is 0 Å². The molecule has 240 valence electrons. The molecule has 0 spiro atoms. The van der Waals surface area contributed by atoms with E-state index in [4.69, 9.17) is 0 Å². The molecule has 0 atom stereocenters. The van der Waals surface area contributed by atoms with E-state index < -0.39 is 0 Å². The normalized spacial score (nSPS) is 11.8. The molecule has 11 aromatic carbocycles. The van der Waals surface area contributed by atoms with Crippen molar-refractivity contribution in [1.29, 1.82) is 0 Å². The Bertz CT molecular complexity index is 3180. The van der Waals surface area contributed by atoms with Crippen molar-refractivity contribution in [2.45, 2.75) is 0 Å². The highest BCUT2D eigenvalue weighted by Gasteiger charge is 2.20. The predicted octanol–water partition coefficient (Wildman–Crippen LogP) is 14.8. The SMILES string of the molecule is c1ccc2c(c1)ccc1ccc(-c3c4ccccc4c(-c4ccc(-c5cc6ccccc6c6ccccc56)c5ccccc45)c4ccccc34)cc12. The lowest BCUT2D eigenvalue weighted by atomic mass is 9.83. The molecule has 0 fully saturated rings. The van der Waals surface area contributed by atoms with E-state index in [2.05, 4.69) is 194 Å². The van der Waals surface area contributed by atoms with Gasteiger partial charge in [0.05, 0.1) is 0 Å². The molecule has 0 nitrogen and oxygen atoms in total. The maximum atomic E-state index is 2.41. The van der Waals surface area contributed by atoms with Crippen molar-refractivity contribution < 1.29 is 0 Å². The largest absolute Gasteiger partial charge is 0.0616 e. The number of benzene rings is 11. The first-order valence-corrected chi connectivity index (χ1v) is 18.1. The minimum absolute atomic E-state index is 1.24. The molecule has 0 saturated heterocycles. The second-order valence-electron chi connectivity index (χ2n) is 14.0. The number of rotatable bonds is 3. The lowest BCUT2D eigenvalue weighted by Gasteiger charge is -2.20. The van der Waals surface area contributed by atoms with Gasteiger partial charge < -0.3 is 0 Å². The molecule has 11 aromatic rings. The number of hydrogen-bond donors (Lipinski definition) is 0. The molecule has 0 unspecified atom stereocenters. The van der Waals surface area contributed by atoms with Crippen LogP contribution in [0.25, 0.3) is 109 Å². The van der Waals surface area contributed by atoms with Gasteiger partial charge >= 0.3 is 0 Å². The summed E-state index contributed by atoms with van der Waals surface area (Å²) in [5.74, 6) is 0. The zero-order valence-electron chi connectivity index (χ0n) is 28.5. The van der Waals surface area contributed by atoms with Crippen molar-refractivity contribution in [2.24, 2.45) is 0 Å². The molecule has 0 heteroatoms. The molecule has 11 rings (SSSR count). The first-order valence-electron chi connectivity index (χ1n) is 18.1. The molecule has 0 heterocycles. The molecule has 0 radical (unpaired) electrons. The monoisotopic (exact) mass is 656 g/mol. The van der Waals surface area contributed by atoms with Crippen LogP contribution >= 0.6 is 0 Å². The van der Waals surface area contributed by atoms with Crippen LogP contribution in [0, 0.1) is 0 Å². The molecular formula is C52H32. The van der Waals surface area contributed by atoms with Crippen LogP contribution in [0.4, 0.5) is 0 Å². The van der Waals surface area contributed by atoms with E-state index in [1.165, 1.54) is 109 Å². The molecule has 0 aliphatic carbocycles. The summed E-state index contributed by atoms with van der Waals surface area (Å²) in [6, 6.07) is 71.9. The maximum absolute atomic E-state index is 2.41. The zero-order valence-corrected chi connectivity index (χ0v) is 28.5. The summed E-state index contributed by atoms with van der Waals surface area (Å²) in [6.45, 7) is 0. The summed E-state index contributed by atoms with van der Waals surface area (Å²) in [4.78, 5) is 0. The average Bonchev–Trinajstić information content (AvgIpc) is 3.22. The second-order valence-corrected chi connectivity index (χ2v) is 14.0. The fraction of sp³-hybridized carbons (Fsp3) is 0. The van der Waals surface area contributed by atoms with Gasteiger partial charge in [-0.05, 0) is 121 Å². The van der Waals surface area contributed by atoms with Crippen LogP contribution in [-0.2, 0) is 0 Å². The molecule has 0 N–H and O–H groups in total. The number of hydrogen-bond acceptors (Lipinski definition) is 0. The summed E-state index contributed by atoms with van der Waals surface area (Å²) < 4.78 is 0. The van der Waals surface area contributed by atoms with E-state index in [9.17, 15) is 0 Å². The lowest BCUT2D eigenvalue weighted by Crippen LogP contribution is -1.93. The topological polar surface area (TPSA) is 0 Å². The Morgan fingerprint density at radius 1 is 0.192 bits per heavy atom. The summed E-state index contributed by atoms with van der Waals surface area (Å²) in [5.41, 5.74) is 7.60. The van der Waals surface area contributed by atoms with Gasteiger partial charge in [0.1, 0.15) is 0 Å². The van der Waals surface area contributed by atoms with Crippen molar-refractivity contribution in [1.82, 2.24) is 0 Å². The Morgan fingerprint density at radius 3 is 1.23 bits per heavy atom. The van der Waals surface area contributed by atoms with Gasteiger partial charge in [-0.2, -0.15) is 0 Å². The van der Waals surface area contributed by atoms with E-state index in [1.54, 1.807) is 0 Å². The highest BCUT2D eigenvalue weighted by Crippen LogP contribution is 2.47. The first kappa shape index (κ1) is 29.0. The third kappa shape index (κ3) is 4.28. The van der Waals surface area contributed by atoms with E-state index in [1.807, 2.05) is 0 Å². The summed E-state index contributed by atoms with van der Waals surface area (Å²) in [7, 11) is 0. The first-order chi connectivity index (χ1) is 25.8. The zero-order chi connectivity index (χ0) is 34.2. The summed E-state index contributed by atoms with van der Waals surface area (Å²) >= 11 is 0. The fourth-order valence-corrected chi connectivity index (χ4v) is 8.92. The Morgan fingerprint density at radius 2 is 0.596 bits per heavy atom. The molecule has 0 aromatic heterocycles. The molecule has 0 bridgehead atoms. The minimum Gasteiger partial charge on any atom is -0.0616 e. The van der Waals surface area contributed by atoms with Crippen molar-refractivity contribution in [3.63, 3.8) is 0 Å². The fourth-order valence-electron chi connectivity index (χ4n) is 8.92. The van der Waals surface area contributed by atoms with Crippen molar-refractivity contribution in [3.8, 4) is 33.4 Å². The summed E-state index contributed by atoms with van der Waals surface area (Å²) in [6.07, 6.45) is 0. The van der Waals surface area contributed by atoms with E-state index >= 15 is 0 Å². The molecule has 0 saturated carbocycles. The van der Waals surface area contributed by atoms with Gasteiger partial charge in [0, 0.05) is 0 Å². The van der Waals surface area contributed by atoms with Crippen LogP contribution in [0.3, 0.4) is 0 Å². The molecule has 52 heavy (non-hydrogen) atoms. The highest BCUT2D eigenvalue weighted by molar-refractivity contribution is 6.25. The minimum atomic E-state index is 1.24. The van der Waals surface area contributed by atoms with Gasteiger partial charge in [-0.25, -0.2) is 0 Å². The lowest BCUT2D eigenvalue weighted by molar-refractivity contribution is 1.67. The van der Waals surface area contributed by atoms with Gasteiger partial charge in [0.25, 0.3) is 0 Å². The molecule has 0 amide bonds. The van der Waals surface area contributed by atoms with E-state index in [0.29, 0.717) is 0 Å². The maximum Gasteiger partial charge on any atom is -0.00201 e. The molecular weight excluding hydrogens is 625 g/mol. The quantitative estimate of drug-likeness (QED) is 0.131. The van der Waals surface area contributed by atoms with Crippen LogP contribution in [0.1, 0.15) is 0 Å². The third-order valence-corrected chi connectivity index (χ3v) is 11.2. The van der Waals surface area contributed by atoms with Crippen molar-refractivity contribution in [3.05, 3.63) is 194 Å². The van der Waals surface area contributed by atoms with Crippen molar-refractivity contribution >= 4 is 75.4 Å². The van der Waals surface area contributed by atoms with Crippen LogP contribution < -0.4 is 0 Å². The number of fused-ring (bicyclic) bond motifs is 9. The third-order valence-electron chi connectivity index (χ3n) is 11.2. The van der Waals surface area contributed by atoms with Crippen molar-refractivity contribution in [2.75, 3.05) is 0 Å². The van der Waals surface area contributed by atoms with Crippen LogP contribution in [0.5, 0.6) is 0 Å². The molecule has 0 aliphatic heterocycles. The predicted molar refractivity (Wildman–Crippen MR) is 225 cm³/mol. The van der Waals surface area contributed by atoms with Gasteiger partial charge in [-0.15, -0.1) is 0 Å². The van der Waals surface area contributed by atoms with Gasteiger partial charge in [0.2, 0.25) is 0 Å². The van der Waals surface area contributed by atoms with E-state index in [0.717, 1.165) is 0 Å². The highest BCUT2D eigenvalue weighted by atomic mass is 14.2. The van der Waals surface area contributed by atoms with Gasteiger partial charge in [0.15, 0.2) is 0 Å².